The Labute approximate surface area is 230 Å². The van der Waals surface area contributed by atoms with E-state index < -0.39 is 17.5 Å². The van der Waals surface area contributed by atoms with Gasteiger partial charge in [0.1, 0.15) is 45.9 Å². The molecule has 3 aliphatic heterocycles. The summed E-state index contributed by atoms with van der Waals surface area (Å²) in [5.74, 6) is -1.36. The molecule has 208 valence electrons. The Bertz CT molecular complexity index is 1300. The summed E-state index contributed by atoms with van der Waals surface area (Å²) in [6.07, 6.45) is 1.24. The molecule has 0 bridgehead atoms. The molecule has 2 fully saturated rings. The van der Waals surface area contributed by atoms with Gasteiger partial charge in [-0.3, -0.25) is 9.59 Å². The molecule has 0 unspecified atom stereocenters. The number of pyridine rings is 1. The highest BCUT2D eigenvalue weighted by atomic mass is 35.5. The van der Waals surface area contributed by atoms with Crippen LogP contribution in [0.25, 0.3) is 11.3 Å². The molecule has 10 nitrogen and oxygen atoms in total. The molecular weight excluding hydrogens is 531 g/mol. The molecule has 2 aromatic rings. The van der Waals surface area contributed by atoms with Gasteiger partial charge in [0.05, 0.1) is 31.4 Å². The summed E-state index contributed by atoms with van der Waals surface area (Å²) in [6, 6.07) is 3.46. The first-order valence-corrected chi connectivity index (χ1v) is 13.0. The molecule has 1 N–H and O–H groups in total. The van der Waals surface area contributed by atoms with Crippen molar-refractivity contribution < 1.29 is 33.3 Å². The maximum atomic E-state index is 15.0. The van der Waals surface area contributed by atoms with Crippen LogP contribution in [0.2, 0.25) is 5.02 Å². The van der Waals surface area contributed by atoms with Crippen molar-refractivity contribution in [3.8, 4) is 22.8 Å². The fourth-order valence-electron chi connectivity index (χ4n) is 5.42. The van der Waals surface area contributed by atoms with E-state index in [9.17, 15) is 14.7 Å². The number of phenols is 1. The molecule has 0 radical (unpaired) electrons. The fraction of sp³-hybridized carbons (Fsp3) is 0.444. The number of halogens is 2. The zero-order valence-electron chi connectivity index (χ0n) is 21.8. The lowest BCUT2D eigenvalue weighted by atomic mass is 10.0. The van der Waals surface area contributed by atoms with E-state index in [-0.39, 0.29) is 70.7 Å². The van der Waals surface area contributed by atoms with Gasteiger partial charge >= 0.3 is 0 Å². The lowest BCUT2D eigenvalue weighted by Gasteiger charge is -2.42. The molecule has 1 aromatic heterocycles. The molecule has 5 rings (SSSR count). The third-order valence-electron chi connectivity index (χ3n) is 7.25. The monoisotopic (exact) mass is 560 g/mol. The molecule has 0 saturated carbocycles. The first kappa shape index (κ1) is 27.2. The van der Waals surface area contributed by atoms with Crippen LogP contribution in [0.1, 0.15) is 17.3 Å². The van der Waals surface area contributed by atoms with Gasteiger partial charge in [0, 0.05) is 33.3 Å². The fourth-order valence-corrected chi connectivity index (χ4v) is 5.71. The van der Waals surface area contributed by atoms with Crippen LogP contribution in [0.15, 0.2) is 30.9 Å². The summed E-state index contributed by atoms with van der Waals surface area (Å²) in [4.78, 5) is 36.2. The van der Waals surface area contributed by atoms with Crippen LogP contribution in [-0.2, 0) is 14.3 Å². The van der Waals surface area contributed by atoms with Gasteiger partial charge in [0.25, 0.3) is 5.91 Å². The molecule has 2 saturated heterocycles. The zero-order valence-corrected chi connectivity index (χ0v) is 22.5. The van der Waals surface area contributed by atoms with Crippen molar-refractivity contribution in [2.45, 2.75) is 18.6 Å². The van der Waals surface area contributed by atoms with E-state index in [4.69, 9.17) is 30.8 Å². The van der Waals surface area contributed by atoms with Crippen LogP contribution in [0.3, 0.4) is 0 Å². The number of hydrogen-bond acceptors (Lipinski definition) is 8. The molecule has 1 aromatic carbocycles. The minimum absolute atomic E-state index is 0.0444. The average molecular weight is 561 g/mol. The maximum Gasteiger partial charge on any atom is 0.261 e. The largest absolute Gasteiger partial charge is 0.507 e. The van der Waals surface area contributed by atoms with Crippen molar-refractivity contribution in [3.05, 3.63) is 47.3 Å². The number of anilines is 1. The lowest BCUT2D eigenvalue weighted by Crippen LogP contribution is -2.57. The third kappa shape index (κ3) is 4.90. The molecular formula is C27H30ClFN4O6. The van der Waals surface area contributed by atoms with Gasteiger partial charge in [0.15, 0.2) is 5.75 Å². The summed E-state index contributed by atoms with van der Waals surface area (Å²) < 4.78 is 32.5. The third-order valence-corrected chi connectivity index (χ3v) is 7.60. The Morgan fingerprint density at radius 2 is 2.15 bits per heavy atom. The minimum Gasteiger partial charge on any atom is -0.507 e. The standard InChI is InChI=1S/C27H30ClFN4O6/c1-4-19(35)31-8-9-33-16(12-31)13-38-24-21(26(33)36)25(32-10-11-39-27(2,14-32)15-37-3)30-23(22(24)28)20-17(29)6-5-7-18(20)34/h4-7,16,34H,1,8-15H2,2-3H3/t16-,27+/m1/s1. The summed E-state index contributed by atoms with van der Waals surface area (Å²) >= 11 is 6.78. The molecule has 0 spiro atoms. The van der Waals surface area contributed by atoms with Crippen LogP contribution in [0.4, 0.5) is 10.2 Å². The first-order chi connectivity index (χ1) is 18.7. The predicted molar refractivity (Wildman–Crippen MR) is 142 cm³/mol. The normalized spacial score (nSPS) is 23.0. The molecule has 3 aliphatic rings. The SMILES string of the molecule is C=CC(=O)N1CCN2C(=O)c3c(N4CCO[C@](C)(COC)C4)nc(-c4c(O)cccc4F)c(Cl)c3OC[C@H]2C1. The Hall–Kier alpha value is -3.41. The molecule has 2 amide bonds. The van der Waals surface area contributed by atoms with Gasteiger partial charge < -0.3 is 34.0 Å². The number of carbonyl (C=O) groups excluding carboxylic acids is 2. The Morgan fingerprint density at radius 1 is 1.36 bits per heavy atom. The van der Waals surface area contributed by atoms with Crippen LogP contribution in [-0.4, -0.2) is 103 Å². The van der Waals surface area contributed by atoms with E-state index >= 15 is 4.39 Å². The van der Waals surface area contributed by atoms with Crippen molar-refractivity contribution in [1.82, 2.24) is 14.8 Å². The number of piperazine rings is 1. The maximum absolute atomic E-state index is 15.0. The molecule has 2 atom stereocenters. The highest BCUT2D eigenvalue weighted by Gasteiger charge is 2.42. The summed E-state index contributed by atoms with van der Waals surface area (Å²) in [5, 5.41) is 10.5. The first-order valence-electron chi connectivity index (χ1n) is 12.6. The minimum atomic E-state index is -0.725. The Balaban J connectivity index is 1.66. The van der Waals surface area contributed by atoms with Crippen molar-refractivity contribution in [3.63, 3.8) is 0 Å². The van der Waals surface area contributed by atoms with Gasteiger partial charge in [-0.2, -0.15) is 0 Å². The van der Waals surface area contributed by atoms with Crippen LogP contribution in [0.5, 0.6) is 11.5 Å². The zero-order chi connectivity index (χ0) is 27.9. The smallest absolute Gasteiger partial charge is 0.261 e. The van der Waals surface area contributed by atoms with Crippen molar-refractivity contribution >= 4 is 29.2 Å². The Kier molecular flexibility index (Phi) is 7.41. The second-order valence-corrected chi connectivity index (χ2v) is 10.4. The molecule has 12 heteroatoms. The number of ether oxygens (including phenoxy) is 3. The average Bonchev–Trinajstić information content (AvgIpc) is 3.06. The number of aromatic nitrogens is 1. The number of nitrogens with zero attached hydrogens (tertiary/aromatic N) is 4. The number of hydrogen-bond donors (Lipinski definition) is 1. The quantitative estimate of drug-likeness (QED) is 0.557. The number of fused-ring (bicyclic) bond motifs is 2. The summed E-state index contributed by atoms with van der Waals surface area (Å²) in [5.41, 5.74) is -0.792. The number of phenolic OH excluding ortho intramolecular Hbond substituents is 1. The van der Waals surface area contributed by atoms with Gasteiger partial charge in [-0.05, 0) is 25.1 Å². The van der Waals surface area contributed by atoms with E-state index in [0.717, 1.165) is 0 Å². The highest BCUT2D eigenvalue weighted by molar-refractivity contribution is 6.35. The van der Waals surface area contributed by atoms with E-state index in [1.807, 2.05) is 11.8 Å². The van der Waals surface area contributed by atoms with Crippen LogP contribution < -0.4 is 9.64 Å². The number of carbonyl (C=O) groups is 2. The van der Waals surface area contributed by atoms with Gasteiger partial charge in [-0.25, -0.2) is 9.37 Å². The second kappa shape index (κ2) is 10.6. The number of aromatic hydroxyl groups is 1. The van der Waals surface area contributed by atoms with Crippen molar-refractivity contribution in [1.29, 1.82) is 0 Å². The molecule has 4 heterocycles. The lowest BCUT2D eigenvalue weighted by molar-refractivity contribution is -0.128. The van der Waals surface area contributed by atoms with E-state index in [1.165, 1.54) is 24.3 Å². The van der Waals surface area contributed by atoms with E-state index in [0.29, 0.717) is 32.8 Å². The van der Waals surface area contributed by atoms with Crippen molar-refractivity contribution in [2.75, 3.05) is 64.6 Å². The second-order valence-electron chi connectivity index (χ2n) is 10.0. The number of rotatable bonds is 5. The van der Waals surface area contributed by atoms with Crippen LogP contribution in [0, 0.1) is 5.82 Å². The van der Waals surface area contributed by atoms with Crippen molar-refractivity contribution in [2.24, 2.45) is 0 Å². The molecule has 39 heavy (non-hydrogen) atoms. The number of morpholine rings is 1. The van der Waals surface area contributed by atoms with E-state index in [1.54, 1.807) is 16.9 Å². The van der Waals surface area contributed by atoms with E-state index in [2.05, 4.69) is 6.58 Å². The number of methoxy groups -OCH3 is 1. The molecule has 0 aliphatic carbocycles. The topological polar surface area (TPSA) is 105 Å². The summed E-state index contributed by atoms with van der Waals surface area (Å²) in [6.45, 7) is 7.72. The Morgan fingerprint density at radius 3 is 2.87 bits per heavy atom. The highest BCUT2D eigenvalue weighted by Crippen LogP contribution is 2.46. The van der Waals surface area contributed by atoms with Gasteiger partial charge in [-0.1, -0.05) is 24.2 Å². The predicted octanol–water partition coefficient (Wildman–Crippen LogP) is 2.72. The number of amides is 2. The summed E-state index contributed by atoms with van der Waals surface area (Å²) in [7, 11) is 1.58. The van der Waals surface area contributed by atoms with Gasteiger partial charge in [0.2, 0.25) is 5.91 Å². The van der Waals surface area contributed by atoms with Gasteiger partial charge in [-0.15, -0.1) is 0 Å². The van der Waals surface area contributed by atoms with Crippen LogP contribution >= 0.6 is 11.6 Å². The number of benzene rings is 1.